The van der Waals surface area contributed by atoms with Crippen molar-refractivity contribution >= 4 is 28.9 Å². The Morgan fingerprint density at radius 3 is 2.05 bits per heavy atom. The predicted octanol–water partition coefficient (Wildman–Crippen LogP) is 7.24. The summed E-state index contributed by atoms with van der Waals surface area (Å²) in [6, 6.07) is 25.7. The molecule has 2 amide bonds. The highest BCUT2D eigenvalue weighted by Crippen LogP contribution is 2.43. The second kappa shape index (κ2) is 12.1. The number of fused-ring (bicyclic) bond motifs is 1. The van der Waals surface area contributed by atoms with Crippen molar-refractivity contribution in [2.45, 2.75) is 65.5 Å². The topological polar surface area (TPSA) is 43.9 Å². The van der Waals surface area contributed by atoms with E-state index in [9.17, 15) is 9.59 Å². The quantitative estimate of drug-likeness (QED) is 0.313. The maximum absolute atomic E-state index is 13.9. The Labute approximate surface area is 221 Å². The number of amides is 2. The fourth-order valence-electron chi connectivity index (χ4n) is 5.46. The van der Waals surface area contributed by atoms with E-state index in [-0.39, 0.29) is 23.9 Å². The van der Waals surface area contributed by atoms with Gasteiger partial charge in [-0.1, -0.05) is 57.2 Å². The van der Waals surface area contributed by atoms with E-state index in [1.807, 2.05) is 77.4 Å². The van der Waals surface area contributed by atoms with Gasteiger partial charge in [0, 0.05) is 48.2 Å². The van der Waals surface area contributed by atoms with Gasteiger partial charge in [-0.15, -0.1) is 0 Å². The van der Waals surface area contributed by atoms with Crippen LogP contribution in [0.25, 0.3) is 0 Å². The fraction of sp³-hybridized carbons (Fsp3) is 0.375. The Hall–Kier alpha value is -3.60. The molecule has 5 nitrogen and oxygen atoms in total. The van der Waals surface area contributed by atoms with E-state index < -0.39 is 0 Å². The minimum absolute atomic E-state index is 0.00411. The molecule has 0 spiro atoms. The van der Waals surface area contributed by atoms with E-state index in [4.69, 9.17) is 0 Å². The molecule has 0 saturated carbocycles. The normalized spacial score (nSPS) is 16.7. The number of carbonyl (C=O) groups is 2. The third-order valence-corrected chi connectivity index (χ3v) is 7.16. The van der Waals surface area contributed by atoms with Gasteiger partial charge in [-0.25, -0.2) is 0 Å². The summed E-state index contributed by atoms with van der Waals surface area (Å²) in [4.78, 5) is 33.3. The lowest BCUT2D eigenvalue weighted by molar-refractivity contribution is -0.118. The largest absolute Gasteiger partial charge is 0.372 e. The van der Waals surface area contributed by atoms with E-state index in [0.29, 0.717) is 18.4 Å². The first-order valence-electron chi connectivity index (χ1n) is 13.6. The molecule has 0 radical (unpaired) electrons. The van der Waals surface area contributed by atoms with Gasteiger partial charge in [-0.2, -0.15) is 0 Å². The standard InChI is InChI=1S/C32H39N3O2/c1-5-21-33(22-6-2)26-19-17-25(18-20-26)32(37)34-24(4)23-30(28-15-11-12-16-29(28)34)35(31(36)7-3)27-13-9-8-10-14-27/h8-20,24,30H,5-7,21-23H2,1-4H3/t24-,30+/m0/s1. The van der Waals surface area contributed by atoms with Crippen LogP contribution in [0.5, 0.6) is 0 Å². The lowest BCUT2D eigenvalue weighted by Crippen LogP contribution is -2.47. The number of hydrogen-bond donors (Lipinski definition) is 0. The molecular weight excluding hydrogens is 458 g/mol. The molecule has 194 valence electrons. The number of anilines is 3. The molecule has 0 fully saturated rings. The van der Waals surface area contributed by atoms with E-state index in [2.05, 4.69) is 43.9 Å². The molecule has 37 heavy (non-hydrogen) atoms. The molecule has 5 heteroatoms. The smallest absolute Gasteiger partial charge is 0.258 e. The maximum Gasteiger partial charge on any atom is 0.258 e. The zero-order valence-corrected chi connectivity index (χ0v) is 22.6. The molecule has 0 aromatic heterocycles. The summed E-state index contributed by atoms with van der Waals surface area (Å²) in [5.74, 6) is 0.0767. The van der Waals surface area contributed by atoms with Crippen LogP contribution in [0.15, 0.2) is 78.9 Å². The van der Waals surface area contributed by atoms with Crippen LogP contribution < -0.4 is 14.7 Å². The van der Waals surface area contributed by atoms with Crippen molar-refractivity contribution < 1.29 is 9.59 Å². The average Bonchev–Trinajstić information content (AvgIpc) is 2.93. The summed E-state index contributed by atoms with van der Waals surface area (Å²) in [6.45, 7) is 10.4. The van der Waals surface area contributed by atoms with Gasteiger partial charge in [0.2, 0.25) is 5.91 Å². The third kappa shape index (κ3) is 5.56. The first-order chi connectivity index (χ1) is 18.0. The van der Waals surface area contributed by atoms with E-state index >= 15 is 0 Å². The highest BCUT2D eigenvalue weighted by molar-refractivity contribution is 6.07. The molecule has 0 aliphatic carbocycles. The second-order valence-corrected chi connectivity index (χ2v) is 9.82. The Balaban J connectivity index is 1.67. The Morgan fingerprint density at radius 1 is 0.811 bits per heavy atom. The summed E-state index contributed by atoms with van der Waals surface area (Å²) in [6.07, 6.45) is 3.27. The molecule has 1 aliphatic rings. The monoisotopic (exact) mass is 497 g/mol. The van der Waals surface area contributed by atoms with Crippen LogP contribution >= 0.6 is 0 Å². The molecule has 3 aromatic carbocycles. The lowest BCUT2D eigenvalue weighted by Gasteiger charge is -2.43. The Morgan fingerprint density at radius 2 is 1.43 bits per heavy atom. The molecule has 2 atom stereocenters. The molecule has 0 saturated heterocycles. The number of nitrogens with zero attached hydrogens (tertiary/aromatic N) is 3. The average molecular weight is 498 g/mol. The minimum atomic E-state index is -0.135. The molecule has 3 aromatic rings. The molecule has 0 unspecified atom stereocenters. The van der Waals surface area contributed by atoms with Gasteiger partial charge >= 0.3 is 0 Å². The summed E-state index contributed by atoms with van der Waals surface area (Å²) in [7, 11) is 0. The summed E-state index contributed by atoms with van der Waals surface area (Å²) in [5, 5.41) is 0. The number of rotatable bonds is 9. The molecule has 4 rings (SSSR count). The Bertz CT molecular complexity index is 1190. The Kier molecular flexibility index (Phi) is 8.65. The molecule has 0 bridgehead atoms. The first kappa shape index (κ1) is 26.5. The third-order valence-electron chi connectivity index (χ3n) is 7.16. The van der Waals surface area contributed by atoms with Gasteiger partial charge in [0.1, 0.15) is 0 Å². The summed E-state index contributed by atoms with van der Waals surface area (Å²) < 4.78 is 0. The number of hydrogen-bond acceptors (Lipinski definition) is 3. The summed E-state index contributed by atoms with van der Waals surface area (Å²) in [5.41, 5.74) is 4.61. The van der Waals surface area contributed by atoms with Crippen molar-refractivity contribution in [3.05, 3.63) is 90.0 Å². The lowest BCUT2D eigenvalue weighted by atomic mass is 9.89. The van der Waals surface area contributed by atoms with Crippen LogP contribution in [0.1, 0.15) is 75.3 Å². The van der Waals surface area contributed by atoms with Crippen LogP contribution in [0, 0.1) is 0 Å². The predicted molar refractivity (Wildman–Crippen MR) is 154 cm³/mol. The van der Waals surface area contributed by atoms with Crippen molar-refractivity contribution in [2.75, 3.05) is 27.8 Å². The number of carbonyl (C=O) groups excluding carboxylic acids is 2. The van der Waals surface area contributed by atoms with Crippen LogP contribution in [0.4, 0.5) is 17.1 Å². The zero-order valence-electron chi connectivity index (χ0n) is 22.6. The molecular formula is C32H39N3O2. The van der Waals surface area contributed by atoms with Crippen LogP contribution in [-0.2, 0) is 4.79 Å². The van der Waals surface area contributed by atoms with Crippen molar-refractivity contribution in [1.29, 1.82) is 0 Å². The fourth-order valence-corrected chi connectivity index (χ4v) is 5.46. The maximum atomic E-state index is 13.9. The SMILES string of the molecule is CCCN(CCC)c1ccc(C(=O)N2c3ccccc3[C@H](N(C(=O)CC)c3ccccc3)C[C@@H]2C)cc1. The van der Waals surface area contributed by atoms with Gasteiger partial charge in [0.05, 0.1) is 6.04 Å². The van der Waals surface area contributed by atoms with Crippen molar-refractivity contribution in [3.63, 3.8) is 0 Å². The second-order valence-electron chi connectivity index (χ2n) is 9.82. The van der Waals surface area contributed by atoms with E-state index in [1.54, 1.807) is 0 Å². The van der Waals surface area contributed by atoms with Crippen LogP contribution in [0.2, 0.25) is 0 Å². The molecule has 1 heterocycles. The van der Waals surface area contributed by atoms with Crippen molar-refractivity contribution in [2.24, 2.45) is 0 Å². The van der Waals surface area contributed by atoms with Gasteiger partial charge in [0.25, 0.3) is 5.91 Å². The van der Waals surface area contributed by atoms with Crippen molar-refractivity contribution in [3.8, 4) is 0 Å². The summed E-state index contributed by atoms with van der Waals surface area (Å²) >= 11 is 0. The molecule has 1 aliphatic heterocycles. The molecule has 0 N–H and O–H groups in total. The van der Waals surface area contributed by atoms with Crippen molar-refractivity contribution in [1.82, 2.24) is 0 Å². The minimum Gasteiger partial charge on any atom is -0.372 e. The first-order valence-corrected chi connectivity index (χ1v) is 13.6. The van der Waals surface area contributed by atoms with Gasteiger partial charge in [-0.3, -0.25) is 9.59 Å². The zero-order chi connectivity index (χ0) is 26.4. The van der Waals surface area contributed by atoms with Gasteiger partial charge in [0.15, 0.2) is 0 Å². The van der Waals surface area contributed by atoms with E-state index in [0.717, 1.165) is 48.6 Å². The van der Waals surface area contributed by atoms with Crippen LogP contribution in [0.3, 0.4) is 0 Å². The number of benzene rings is 3. The van der Waals surface area contributed by atoms with Gasteiger partial charge in [-0.05, 0) is 74.2 Å². The highest BCUT2D eigenvalue weighted by Gasteiger charge is 2.38. The van der Waals surface area contributed by atoms with E-state index in [1.165, 1.54) is 0 Å². The highest BCUT2D eigenvalue weighted by atomic mass is 16.2. The number of para-hydroxylation sites is 2. The van der Waals surface area contributed by atoms with Gasteiger partial charge < -0.3 is 14.7 Å². The van der Waals surface area contributed by atoms with Crippen LogP contribution in [-0.4, -0.2) is 30.9 Å².